The third kappa shape index (κ3) is 4.29. The quantitative estimate of drug-likeness (QED) is 0.575. The van der Waals surface area contributed by atoms with Gasteiger partial charge in [0, 0.05) is 30.8 Å². The van der Waals surface area contributed by atoms with Gasteiger partial charge in [0.1, 0.15) is 5.76 Å². The molecule has 0 radical (unpaired) electrons. The van der Waals surface area contributed by atoms with Crippen molar-refractivity contribution in [1.82, 2.24) is 0 Å². The average Bonchev–Trinajstić information content (AvgIpc) is 2.83. The van der Waals surface area contributed by atoms with Crippen LogP contribution in [0.4, 0.5) is 11.4 Å². The molecule has 0 saturated carbocycles. The standard InChI is InChI=1S/C12H12BrN3O5S/c13-12-2-1-10(21-12)3-4-15-8-5-9(16(17)18)7-11(6-8)22(14,19)20/h1-2,5-7,15H,3-4H2,(H2,14,19,20). The number of hydrogen-bond donors (Lipinski definition) is 2. The summed E-state index contributed by atoms with van der Waals surface area (Å²) >= 11 is 3.18. The smallest absolute Gasteiger partial charge is 0.272 e. The molecular weight excluding hydrogens is 378 g/mol. The van der Waals surface area contributed by atoms with Crippen molar-refractivity contribution >= 4 is 37.3 Å². The van der Waals surface area contributed by atoms with Crippen LogP contribution in [-0.4, -0.2) is 19.9 Å². The number of benzene rings is 1. The lowest BCUT2D eigenvalue weighted by Crippen LogP contribution is -2.13. The molecule has 22 heavy (non-hydrogen) atoms. The number of halogens is 1. The minimum absolute atomic E-state index is 0.295. The Kier molecular flexibility index (Phi) is 4.84. The van der Waals surface area contributed by atoms with Crippen LogP contribution in [0.5, 0.6) is 0 Å². The molecule has 0 fully saturated rings. The second-order valence-corrected chi connectivity index (χ2v) is 6.74. The van der Waals surface area contributed by atoms with E-state index in [-0.39, 0.29) is 10.6 Å². The number of nitrogens with zero attached hydrogens (tertiary/aromatic N) is 1. The number of nitro groups is 1. The molecule has 0 saturated heterocycles. The van der Waals surface area contributed by atoms with Crippen LogP contribution in [0.2, 0.25) is 0 Å². The maximum atomic E-state index is 11.4. The van der Waals surface area contributed by atoms with Gasteiger partial charge in [0.2, 0.25) is 10.0 Å². The van der Waals surface area contributed by atoms with Crippen molar-refractivity contribution in [1.29, 1.82) is 0 Å². The number of nitrogens with two attached hydrogens (primary N) is 1. The lowest BCUT2D eigenvalue weighted by atomic mass is 10.2. The molecule has 2 rings (SSSR count). The Bertz CT molecular complexity index is 803. The van der Waals surface area contributed by atoms with Crippen LogP contribution >= 0.6 is 15.9 Å². The van der Waals surface area contributed by atoms with Gasteiger partial charge in [-0.15, -0.1) is 0 Å². The highest BCUT2D eigenvalue weighted by Gasteiger charge is 2.16. The third-order valence-corrected chi connectivity index (χ3v) is 4.08. The number of hydrogen-bond acceptors (Lipinski definition) is 6. The van der Waals surface area contributed by atoms with Gasteiger partial charge in [-0.3, -0.25) is 10.1 Å². The highest BCUT2D eigenvalue weighted by Crippen LogP contribution is 2.23. The van der Waals surface area contributed by atoms with Crippen molar-refractivity contribution in [3.05, 3.63) is 50.9 Å². The molecule has 0 bridgehead atoms. The van der Waals surface area contributed by atoms with E-state index in [1.807, 2.05) is 0 Å². The van der Waals surface area contributed by atoms with E-state index in [4.69, 9.17) is 9.56 Å². The van der Waals surface area contributed by atoms with Crippen molar-refractivity contribution in [2.24, 2.45) is 5.14 Å². The number of rotatable bonds is 6. The Morgan fingerprint density at radius 3 is 2.59 bits per heavy atom. The Morgan fingerprint density at radius 2 is 2.05 bits per heavy atom. The molecule has 0 atom stereocenters. The molecule has 0 amide bonds. The van der Waals surface area contributed by atoms with E-state index in [0.29, 0.717) is 23.3 Å². The fraction of sp³-hybridized carbons (Fsp3) is 0.167. The van der Waals surface area contributed by atoms with Gasteiger partial charge in [-0.1, -0.05) is 0 Å². The zero-order chi connectivity index (χ0) is 16.3. The first-order chi connectivity index (χ1) is 10.3. The summed E-state index contributed by atoms with van der Waals surface area (Å²) in [7, 11) is -4.02. The van der Waals surface area contributed by atoms with E-state index in [1.165, 1.54) is 12.1 Å². The minimum Gasteiger partial charge on any atom is -0.454 e. The van der Waals surface area contributed by atoms with Crippen molar-refractivity contribution in [3.63, 3.8) is 0 Å². The summed E-state index contributed by atoms with van der Waals surface area (Å²) in [5.74, 6) is 0.719. The molecule has 1 heterocycles. The van der Waals surface area contributed by atoms with Gasteiger partial charge in [0.15, 0.2) is 4.67 Å². The molecular formula is C12H12BrN3O5S. The molecule has 8 nitrogen and oxygen atoms in total. The van der Waals surface area contributed by atoms with Crippen LogP contribution in [0, 0.1) is 10.1 Å². The van der Waals surface area contributed by atoms with Gasteiger partial charge >= 0.3 is 0 Å². The Morgan fingerprint density at radius 1 is 1.32 bits per heavy atom. The molecule has 118 valence electrons. The first-order valence-electron chi connectivity index (χ1n) is 6.06. The number of non-ortho nitro benzene ring substituents is 1. The topological polar surface area (TPSA) is 128 Å². The summed E-state index contributed by atoms with van der Waals surface area (Å²) in [5, 5.41) is 18.8. The fourth-order valence-electron chi connectivity index (χ4n) is 1.77. The molecule has 0 unspecified atom stereocenters. The molecule has 2 aromatic rings. The van der Waals surface area contributed by atoms with E-state index in [2.05, 4.69) is 21.2 Å². The van der Waals surface area contributed by atoms with E-state index in [0.717, 1.165) is 11.8 Å². The maximum absolute atomic E-state index is 11.4. The van der Waals surface area contributed by atoms with Crippen LogP contribution in [-0.2, 0) is 16.4 Å². The SMILES string of the molecule is NS(=O)(=O)c1cc(NCCc2ccc(Br)o2)cc([N+](=O)[O-])c1. The lowest BCUT2D eigenvalue weighted by Gasteiger charge is -2.07. The van der Waals surface area contributed by atoms with Crippen LogP contribution in [0.25, 0.3) is 0 Å². The predicted octanol–water partition coefficient (Wildman–Crippen LogP) is 2.25. The molecule has 0 aliphatic heterocycles. The van der Waals surface area contributed by atoms with Gasteiger partial charge in [-0.25, -0.2) is 13.6 Å². The van der Waals surface area contributed by atoms with Gasteiger partial charge in [0.05, 0.1) is 9.82 Å². The van der Waals surface area contributed by atoms with Crippen molar-refractivity contribution < 1.29 is 17.8 Å². The Labute approximate surface area is 134 Å². The van der Waals surface area contributed by atoms with Crippen LogP contribution in [0.1, 0.15) is 5.76 Å². The highest BCUT2D eigenvalue weighted by molar-refractivity contribution is 9.10. The summed E-state index contributed by atoms with van der Waals surface area (Å²) in [6.07, 6.45) is 0.527. The normalized spacial score (nSPS) is 11.4. The third-order valence-electron chi connectivity index (χ3n) is 2.76. The molecule has 1 aromatic carbocycles. The summed E-state index contributed by atoms with van der Waals surface area (Å²) < 4.78 is 28.7. The summed E-state index contributed by atoms with van der Waals surface area (Å²) in [5.41, 5.74) is -0.0568. The molecule has 3 N–H and O–H groups in total. The van der Waals surface area contributed by atoms with Gasteiger partial charge < -0.3 is 9.73 Å². The van der Waals surface area contributed by atoms with E-state index < -0.39 is 14.9 Å². The molecule has 0 spiro atoms. The maximum Gasteiger partial charge on any atom is 0.272 e. The zero-order valence-electron chi connectivity index (χ0n) is 11.2. The van der Waals surface area contributed by atoms with Gasteiger partial charge in [-0.05, 0) is 34.1 Å². The number of furan rings is 1. The summed E-state index contributed by atoms with van der Waals surface area (Å²) in [6.45, 7) is 0.408. The molecule has 0 aliphatic carbocycles. The summed E-state index contributed by atoms with van der Waals surface area (Å²) in [4.78, 5) is 9.86. The number of sulfonamides is 1. The number of nitrogens with one attached hydrogen (secondary N) is 1. The first kappa shape index (κ1) is 16.5. The van der Waals surface area contributed by atoms with Crippen molar-refractivity contribution in [2.75, 3.05) is 11.9 Å². The minimum atomic E-state index is -4.02. The van der Waals surface area contributed by atoms with Crippen molar-refractivity contribution in [2.45, 2.75) is 11.3 Å². The second-order valence-electron chi connectivity index (χ2n) is 4.40. The Balaban J connectivity index is 2.15. The summed E-state index contributed by atoms with van der Waals surface area (Å²) in [6, 6.07) is 6.95. The Hall–Kier alpha value is -1.91. The number of nitro benzene ring substituents is 1. The molecule has 0 aliphatic rings. The first-order valence-corrected chi connectivity index (χ1v) is 8.40. The zero-order valence-corrected chi connectivity index (χ0v) is 13.6. The second kappa shape index (κ2) is 6.46. The van der Waals surface area contributed by atoms with E-state index in [9.17, 15) is 18.5 Å². The monoisotopic (exact) mass is 389 g/mol. The molecule has 1 aromatic heterocycles. The lowest BCUT2D eigenvalue weighted by molar-refractivity contribution is -0.385. The highest BCUT2D eigenvalue weighted by atomic mass is 79.9. The van der Waals surface area contributed by atoms with Crippen LogP contribution < -0.4 is 10.5 Å². The number of anilines is 1. The average molecular weight is 390 g/mol. The largest absolute Gasteiger partial charge is 0.454 e. The molecule has 10 heteroatoms. The van der Waals surface area contributed by atoms with Gasteiger partial charge in [-0.2, -0.15) is 0 Å². The van der Waals surface area contributed by atoms with E-state index in [1.54, 1.807) is 12.1 Å². The van der Waals surface area contributed by atoms with Crippen molar-refractivity contribution in [3.8, 4) is 0 Å². The number of primary sulfonamides is 1. The van der Waals surface area contributed by atoms with Gasteiger partial charge in [0.25, 0.3) is 5.69 Å². The predicted molar refractivity (Wildman–Crippen MR) is 83.1 cm³/mol. The van der Waals surface area contributed by atoms with Crippen LogP contribution in [0.15, 0.2) is 44.3 Å². The van der Waals surface area contributed by atoms with E-state index >= 15 is 0 Å². The van der Waals surface area contributed by atoms with Crippen LogP contribution in [0.3, 0.4) is 0 Å². The fourth-order valence-corrected chi connectivity index (χ4v) is 2.69.